The van der Waals surface area contributed by atoms with Crippen molar-refractivity contribution in [2.24, 2.45) is 47.3 Å². The average Bonchev–Trinajstić information content (AvgIpc) is 2.94. The maximum absolute atomic E-state index is 1.68. The summed E-state index contributed by atoms with van der Waals surface area (Å²) in [6, 6.07) is 0. The van der Waals surface area contributed by atoms with Crippen LogP contribution >= 0.6 is 0 Å². The van der Waals surface area contributed by atoms with Crippen molar-refractivity contribution in [1.29, 1.82) is 0 Å². The van der Waals surface area contributed by atoms with Gasteiger partial charge in [-0.2, -0.15) is 0 Å². The monoisotopic (exact) mass is 286 g/mol. The summed E-state index contributed by atoms with van der Waals surface area (Å²) in [5, 5.41) is 0. The van der Waals surface area contributed by atoms with Crippen LogP contribution in [-0.2, 0) is 0 Å². The van der Waals surface area contributed by atoms with Crippen LogP contribution in [0.3, 0.4) is 0 Å². The van der Waals surface area contributed by atoms with Crippen LogP contribution in [0.4, 0.5) is 0 Å². The highest BCUT2D eigenvalue weighted by Gasteiger charge is 2.54. The first kappa shape index (κ1) is 13.4. The molecule has 21 heavy (non-hydrogen) atoms. The van der Waals surface area contributed by atoms with Gasteiger partial charge in [0.2, 0.25) is 0 Å². The highest BCUT2D eigenvalue weighted by Crippen LogP contribution is 2.62. The van der Waals surface area contributed by atoms with Gasteiger partial charge in [-0.1, -0.05) is 38.5 Å². The van der Waals surface area contributed by atoms with Gasteiger partial charge in [-0.15, -0.1) is 0 Å². The van der Waals surface area contributed by atoms with Crippen LogP contribution in [0.1, 0.15) is 83.5 Å². The Morgan fingerprint density at radius 3 is 1.33 bits per heavy atom. The molecule has 5 aliphatic rings. The molecule has 0 nitrogen and oxygen atoms in total. The minimum Gasteiger partial charge on any atom is -0.0530 e. The topological polar surface area (TPSA) is 0 Å². The summed E-state index contributed by atoms with van der Waals surface area (Å²) >= 11 is 0. The Morgan fingerprint density at radius 2 is 0.810 bits per heavy atom. The quantitative estimate of drug-likeness (QED) is 0.508. The van der Waals surface area contributed by atoms with Gasteiger partial charge in [0, 0.05) is 0 Å². The molecular weight excluding hydrogens is 252 g/mol. The zero-order valence-electron chi connectivity index (χ0n) is 13.8. The Balaban J connectivity index is 1.39. The molecule has 0 saturated heterocycles. The molecule has 0 aromatic heterocycles. The highest BCUT2D eigenvalue weighted by atomic mass is 14.6. The van der Waals surface area contributed by atoms with Crippen molar-refractivity contribution >= 4 is 0 Å². The number of hydrogen-bond acceptors (Lipinski definition) is 0. The molecule has 0 unspecified atom stereocenters. The van der Waals surface area contributed by atoms with Crippen molar-refractivity contribution in [2.75, 3.05) is 0 Å². The fourth-order valence-electron chi connectivity index (χ4n) is 8.27. The zero-order chi connectivity index (χ0) is 13.8. The molecule has 0 N–H and O–H groups in total. The molecule has 0 spiro atoms. The second-order valence-electron chi connectivity index (χ2n) is 9.46. The largest absolute Gasteiger partial charge is 0.0530 e. The van der Waals surface area contributed by atoms with E-state index in [1.54, 1.807) is 83.5 Å². The molecule has 0 radical (unpaired) electrons. The summed E-state index contributed by atoms with van der Waals surface area (Å²) in [6.07, 6.45) is 20.8. The Bertz CT molecular complexity index is 349. The Morgan fingerprint density at radius 1 is 0.333 bits per heavy atom. The molecular formula is C21H34. The molecule has 0 bridgehead atoms. The SMILES string of the molecule is C1CC[C@@H]2[C@@H](C1)CC[C@H]1[C@H]3CC[C@H]4CCCC[C@@H]4[C@@H]3C[C@@H]12. The third-order valence-corrected chi connectivity index (χ3v) is 8.97. The molecule has 5 rings (SSSR count). The van der Waals surface area contributed by atoms with Gasteiger partial charge in [-0.3, -0.25) is 0 Å². The van der Waals surface area contributed by atoms with Gasteiger partial charge < -0.3 is 0 Å². The molecule has 0 aliphatic heterocycles. The van der Waals surface area contributed by atoms with E-state index in [1.165, 1.54) is 35.5 Å². The number of fused-ring (bicyclic) bond motifs is 7. The van der Waals surface area contributed by atoms with Crippen LogP contribution in [0.5, 0.6) is 0 Å². The first-order valence-electron chi connectivity index (χ1n) is 10.4. The lowest BCUT2D eigenvalue weighted by Crippen LogP contribution is -2.37. The summed E-state index contributed by atoms with van der Waals surface area (Å²) in [6.45, 7) is 0. The van der Waals surface area contributed by atoms with Gasteiger partial charge in [0.25, 0.3) is 0 Å². The Hall–Kier alpha value is 0. The fourth-order valence-corrected chi connectivity index (χ4v) is 8.27. The average molecular weight is 287 g/mol. The van der Waals surface area contributed by atoms with E-state index in [0.29, 0.717) is 0 Å². The molecule has 0 heteroatoms. The highest BCUT2D eigenvalue weighted by molar-refractivity contribution is 5.03. The van der Waals surface area contributed by atoms with Gasteiger partial charge in [0.05, 0.1) is 0 Å². The smallest absolute Gasteiger partial charge is 0.0349 e. The van der Waals surface area contributed by atoms with Gasteiger partial charge >= 0.3 is 0 Å². The maximum atomic E-state index is 1.68. The second-order valence-corrected chi connectivity index (χ2v) is 9.46. The normalized spacial score (nSPS) is 56.0. The van der Waals surface area contributed by atoms with Crippen molar-refractivity contribution in [3.63, 3.8) is 0 Å². The lowest BCUT2D eigenvalue weighted by molar-refractivity contribution is 0.0376. The summed E-state index contributed by atoms with van der Waals surface area (Å²) in [4.78, 5) is 0. The minimum atomic E-state index is 1.15. The molecule has 5 saturated carbocycles. The van der Waals surface area contributed by atoms with Crippen LogP contribution in [0.25, 0.3) is 0 Å². The van der Waals surface area contributed by atoms with E-state index in [9.17, 15) is 0 Å². The van der Waals surface area contributed by atoms with Crippen molar-refractivity contribution in [2.45, 2.75) is 83.5 Å². The summed E-state index contributed by atoms with van der Waals surface area (Å²) in [5.74, 6) is 9.37. The van der Waals surface area contributed by atoms with E-state index >= 15 is 0 Å². The maximum Gasteiger partial charge on any atom is -0.0349 e. The van der Waals surface area contributed by atoms with E-state index < -0.39 is 0 Å². The predicted molar refractivity (Wildman–Crippen MR) is 87.9 cm³/mol. The fraction of sp³-hybridized carbons (Fsp3) is 1.00. The summed E-state index contributed by atoms with van der Waals surface area (Å²) < 4.78 is 0. The van der Waals surface area contributed by atoms with Crippen molar-refractivity contribution < 1.29 is 0 Å². The lowest BCUT2D eigenvalue weighted by Gasteiger charge is -2.46. The Kier molecular flexibility index (Phi) is 3.38. The molecule has 118 valence electrons. The predicted octanol–water partition coefficient (Wildman–Crippen LogP) is 6.06. The van der Waals surface area contributed by atoms with Crippen LogP contribution in [0.15, 0.2) is 0 Å². The van der Waals surface area contributed by atoms with E-state index in [2.05, 4.69) is 0 Å². The van der Waals surface area contributed by atoms with Crippen molar-refractivity contribution in [1.82, 2.24) is 0 Å². The van der Waals surface area contributed by atoms with Crippen molar-refractivity contribution in [3.05, 3.63) is 0 Å². The summed E-state index contributed by atoms with van der Waals surface area (Å²) in [7, 11) is 0. The van der Waals surface area contributed by atoms with E-state index in [0.717, 1.165) is 11.8 Å². The second kappa shape index (κ2) is 5.27. The van der Waals surface area contributed by atoms with Crippen LogP contribution in [-0.4, -0.2) is 0 Å². The third-order valence-electron chi connectivity index (χ3n) is 8.97. The molecule has 0 aromatic carbocycles. The van der Waals surface area contributed by atoms with E-state index in [1.807, 2.05) is 0 Å². The van der Waals surface area contributed by atoms with E-state index in [4.69, 9.17) is 0 Å². The third kappa shape index (κ3) is 2.07. The van der Waals surface area contributed by atoms with Crippen LogP contribution in [0, 0.1) is 47.3 Å². The zero-order valence-corrected chi connectivity index (χ0v) is 13.8. The first-order valence-corrected chi connectivity index (χ1v) is 10.4. The molecule has 0 amide bonds. The number of rotatable bonds is 0. The van der Waals surface area contributed by atoms with E-state index in [-0.39, 0.29) is 0 Å². The lowest BCUT2D eigenvalue weighted by atomic mass is 9.59. The molecule has 0 aromatic rings. The summed E-state index contributed by atoms with van der Waals surface area (Å²) in [5.41, 5.74) is 0. The standard InChI is InChI=1S/C21H34/c1-3-7-16-14(5-1)9-11-18-19-12-10-15-6-2-4-8-17(15)21(19)13-20(16)18/h14-21H,1-13H2/t14-,15+,16+,17-,18-,19+,20+,21-. The molecule has 5 fully saturated rings. The van der Waals surface area contributed by atoms with Gasteiger partial charge in [-0.25, -0.2) is 0 Å². The molecule has 8 atom stereocenters. The minimum absolute atomic E-state index is 1.15. The van der Waals surface area contributed by atoms with Gasteiger partial charge in [-0.05, 0) is 92.3 Å². The Labute approximate surface area is 131 Å². The van der Waals surface area contributed by atoms with Crippen LogP contribution in [0.2, 0.25) is 0 Å². The van der Waals surface area contributed by atoms with Gasteiger partial charge in [0.1, 0.15) is 0 Å². The molecule has 0 heterocycles. The molecule has 5 aliphatic carbocycles. The number of hydrogen-bond donors (Lipinski definition) is 0. The van der Waals surface area contributed by atoms with Crippen LogP contribution < -0.4 is 0 Å². The first-order chi connectivity index (χ1) is 10.4. The van der Waals surface area contributed by atoms with Crippen molar-refractivity contribution in [3.8, 4) is 0 Å². The van der Waals surface area contributed by atoms with Gasteiger partial charge in [0.15, 0.2) is 0 Å².